The van der Waals surface area contributed by atoms with Crippen molar-refractivity contribution in [2.45, 2.75) is 26.3 Å². The number of ether oxygens (including phenoxy) is 2. The van der Waals surface area contributed by atoms with Crippen LogP contribution < -0.4 is 10.1 Å². The van der Waals surface area contributed by atoms with Crippen molar-refractivity contribution in [2.24, 2.45) is 5.92 Å². The molecule has 0 aliphatic rings. The van der Waals surface area contributed by atoms with Gasteiger partial charge in [0.1, 0.15) is 11.8 Å². The van der Waals surface area contributed by atoms with Crippen molar-refractivity contribution in [2.75, 3.05) is 13.7 Å². The molecule has 6 heteroatoms. The summed E-state index contributed by atoms with van der Waals surface area (Å²) in [5.74, 6) is -0.240. The molecule has 1 amide bonds. The second-order valence-electron chi connectivity index (χ2n) is 4.67. The standard InChI is InChI=1S/C15H20BrNO4/c1-4-10(2)14(15(19)20-3)17-13(18)9-21-12-8-6-5-7-11(12)16/h5-8,10,14H,4,9H2,1-3H3,(H,17,18)/t10-,14+/m0/s1. The minimum atomic E-state index is -0.657. The number of para-hydroxylation sites is 1. The minimum absolute atomic E-state index is 0.00939. The van der Waals surface area contributed by atoms with Crippen LogP contribution in [0.5, 0.6) is 5.75 Å². The highest BCUT2D eigenvalue weighted by Crippen LogP contribution is 2.23. The number of halogens is 1. The normalized spacial score (nSPS) is 13.1. The van der Waals surface area contributed by atoms with E-state index in [1.54, 1.807) is 6.07 Å². The molecule has 0 saturated carbocycles. The second kappa shape index (κ2) is 8.67. The zero-order valence-corrected chi connectivity index (χ0v) is 14.0. The van der Waals surface area contributed by atoms with Gasteiger partial charge >= 0.3 is 5.97 Å². The third kappa shape index (κ3) is 5.38. The Labute approximate surface area is 133 Å². The van der Waals surface area contributed by atoms with Gasteiger partial charge in [0.2, 0.25) is 0 Å². The lowest BCUT2D eigenvalue weighted by atomic mass is 9.99. The van der Waals surface area contributed by atoms with Gasteiger partial charge in [0.15, 0.2) is 6.61 Å². The van der Waals surface area contributed by atoms with E-state index in [0.29, 0.717) is 5.75 Å². The van der Waals surface area contributed by atoms with E-state index in [1.807, 2.05) is 32.0 Å². The third-order valence-electron chi connectivity index (χ3n) is 3.18. The number of amides is 1. The molecule has 0 saturated heterocycles. The summed E-state index contributed by atoms with van der Waals surface area (Å²) in [5, 5.41) is 2.65. The van der Waals surface area contributed by atoms with Crippen molar-refractivity contribution in [3.63, 3.8) is 0 Å². The number of nitrogens with one attached hydrogen (secondary N) is 1. The van der Waals surface area contributed by atoms with Crippen molar-refractivity contribution in [3.8, 4) is 5.75 Å². The van der Waals surface area contributed by atoms with Crippen molar-refractivity contribution < 1.29 is 19.1 Å². The first-order valence-electron chi connectivity index (χ1n) is 6.74. The Balaban J connectivity index is 2.58. The molecule has 0 spiro atoms. The van der Waals surface area contributed by atoms with Crippen LogP contribution in [0, 0.1) is 5.92 Å². The molecule has 0 fully saturated rings. The third-order valence-corrected chi connectivity index (χ3v) is 3.84. The fraction of sp³-hybridized carbons (Fsp3) is 0.467. The Kier molecular flexibility index (Phi) is 7.22. The van der Waals surface area contributed by atoms with Gasteiger partial charge in [0.25, 0.3) is 5.91 Å². The summed E-state index contributed by atoms with van der Waals surface area (Å²) in [5.41, 5.74) is 0. The van der Waals surface area contributed by atoms with Gasteiger partial charge in [-0.3, -0.25) is 4.79 Å². The summed E-state index contributed by atoms with van der Waals surface area (Å²) in [6.07, 6.45) is 0.755. The van der Waals surface area contributed by atoms with Crippen LogP contribution in [0.1, 0.15) is 20.3 Å². The van der Waals surface area contributed by atoms with Crippen LogP contribution >= 0.6 is 15.9 Å². The van der Waals surface area contributed by atoms with E-state index in [9.17, 15) is 9.59 Å². The highest BCUT2D eigenvalue weighted by atomic mass is 79.9. The molecule has 1 N–H and O–H groups in total. The molecule has 1 aromatic carbocycles. The second-order valence-corrected chi connectivity index (χ2v) is 5.53. The Bertz CT molecular complexity index is 492. The van der Waals surface area contributed by atoms with Gasteiger partial charge in [-0.25, -0.2) is 4.79 Å². The van der Waals surface area contributed by atoms with Gasteiger partial charge in [-0.1, -0.05) is 32.4 Å². The lowest BCUT2D eigenvalue weighted by Crippen LogP contribution is -2.47. The lowest BCUT2D eigenvalue weighted by Gasteiger charge is -2.21. The SMILES string of the molecule is CC[C@H](C)[C@@H](NC(=O)COc1ccccc1Br)C(=O)OC. The van der Waals surface area contributed by atoms with Crippen LogP contribution in [-0.4, -0.2) is 31.6 Å². The number of benzene rings is 1. The maximum absolute atomic E-state index is 11.9. The molecule has 116 valence electrons. The molecule has 0 aromatic heterocycles. The molecule has 2 atom stereocenters. The number of hydrogen-bond donors (Lipinski definition) is 1. The van der Waals surface area contributed by atoms with E-state index < -0.39 is 12.0 Å². The largest absolute Gasteiger partial charge is 0.483 e. The highest BCUT2D eigenvalue weighted by molar-refractivity contribution is 9.10. The quantitative estimate of drug-likeness (QED) is 0.761. The minimum Gasteiger partial charge on any atom is -0.483 e. The van der Waals surface area contributed by atoms with Crippen molar-refractivity contribution >= 4 is 27.8 Å². The van der Waals surface area contributed by atoms with E-state index in [1.165, 1.54) is 7.11 Å². The van der Waals surface area contributed by atoms with Crippen LogP contribution in [0.4, 0.5) is 0 Å². The summed E-state index contributed by atoms with van der Waals surface area (Å²) < 4.78 is 10.9. The van der Waals surface area contributed by atoms with E-state index in [-0.39, 0.29) is 18.4 Å². The molecule has 0 aliphatic carbocycles. The maximum Gasteiger partial charge on any atom is 0.328 e. The Morgan fingerprint density at radius 2 is 2.00 bits per heavy atom. The van der Waals surface area contributed by atoms with Crippen LogP contribution in [0.3, 0.4) is 0 Å². The number of esters is 1. The number of carbonyl (C=O) groups is 2. The first kappa shape index (κ1) is 17.5. The highest BCUT2D eigenvalue weighted by Gasteiger charge is 2.26. The smallest absolute Gasteiger partial charge is 0.328 e. The van der Waals surface area contributed by atoms with Crippen molar-refractivity contribution in [1.82, 2.24) is 5.32 Å². The topological polar surface area (TPSA) is 64.6 Å². The number of methoxy groups -OCH3 is 1. The fourth-order valence-electron chi connectivity index (χ4n) is 1.72. The average Bonchev–Trinajstić information content (AvgIpc) is 2.50. The molecule has 0 heterocycles. The van der Waals surface area contributed by atoms with Crippen LogP contribution in [0.2, 0.25) is 0 Å². The van der Waals surface area contributed by atoms with Gasteiger partial charge in [-0.15, -0.1) is 0 Å². The summed E-state index contributed by atoms with van der Waals surface area (Å²) in [6.45, 7) is 3.67. The summed E-state index contributed by atoms with van der Waals surface area (Å²) in [6, 6.07) is 6.59. The molecule has 0 radical (unpaired) electrons. The van der Waals surface area contributed by atoms with Gasteiger partial charge in [-0.2, -0.15) is 0 Å². The van der Waals surface area contributed by atoms with Crippen LogP contribution in [-0.2, 0) is 14.3 Å². The zero-order valence-electron chi connectivity index (χ0n) is 12.4. The summed E-state index contributed by atoms with van der Waals surface area (Å²) >= 11 is 3.34. The van der Waals surface area contributed by atoms with E-state index >= 15 is 0 Å². The molecule has 0 unspecified atom stereocenters. The molecule has 1 rings (SSSR count). The first-order chi connectivity index (χ1) is 9.99. The lowest BCUT2D eigenvalue weighted by molar-refractivity contribution is -0.146. The van der Waals surface area contributed by atoms with E-state index in [0.717, 1.165) is 10.9 Å². The predicted octanol–water partition coefficient (Wildman–Crippen LogP) is 2.53. The van der Waals surface area contributed by atoms with Crippen LogP contribution in [0.25, 0.3) is 0 Å². The van der Waals surface area contributed by atoms with Gasteiger partial charge in [0, 0.05) is 0 Å². The van der Waals surface area contributed by atoms with Gasteiger partial charge < -0.3 is 14.8 Å². The monoisotopic (exact) mass is 357 g/mol. The predicted molar refractivity (Wildman–Crippen MR) is 83.0 cm³/mol. The molecular weight excluding hydrogens is 338 g/mol. The Hall–Kier alpha value is -1.56. The summed E-state index contributed by atoms with van der Waals surface area (Å²) in [7, 11) is 1.31. The molecule has 21 heavy (non-hydrogen) atoms. The van der Waals surface area contributed by atoms with Gasteiger partial charge in [-0.05, 0) is 34.0 Å². The first-order valence-corrected chi connectivity index (χ1v) is 7.53. The molecule has 0 aliphatic heterocycles. The number of carbonyl (C=O) groups excluding carboxylic acids is 2. The number of rotatable bonds is 7. The van der Waals surface area contributed by atoms with Crippen LogP contribution in [0.15, 0.2) is 28.7 Å². The molecule has 0 bridgehead atoms. The average molecular weight is 358 g/mol. The Morgan fingerprint density at radius 1 is 1.33 bits per heavy atom. The van der Waals surface area contributed by atoms with E-state index in [2.05, 4.69) is 21.2 Å². The number of hydrogen-bond acceptors (Lipinski definition) is 4. The van der Waals surface area contributed by atoms with Crippen molar-refractivity contribution in [1.29, 1.82) is 0 Å². The molecular formula is C15H20BrNO4. The fourth-order valence-corrected chi connectivity index (χ4v) is 2.12. The molecule has 1 aromatic rings. The molecule has 5 nitrogen and oxygen atoms in total. The van der Waals surface area contributed by atoms with E-state index in [4.69, 9.17) is 9.47 Å². The maximum atomic E-state index is 11.9. The summed E-state index contributed by atoms with van der Waals surface area (Å²) in [4.78, 5) is 23.6. The van der Waals surface area contributed by atoms with Gasteiger partial charge in [0.05, 0.1) is 11.6 Å². The van der Waals surface area contributed by atoms with Crippen molar-refractivity contribution in [3.05, 3.63) is 28.7 Å². The Morgan fingerprint density at radius 3 is 2.57 bits per heavy atom. The zero-order chi connectivity index (χ0) is 15.8.